The van der Waals surface area contributed by atoms with Gasteiger partial charge in [-0.25, -0.2) is 0 Å². The molecule has 0 fully saturated rings. The topological polar surface area (TPSA) is 60.7 Å². The lowest BCUT2D eigenvalue weighted by Crippen LogP contribution is -2.26. The van der Waals surface area contributed by atoms with Gasteiger partial charge in [-0.05, 0) is 36.8 Å². The van der Waals surface area contributed by atoms with Crippen molar-refractivity contribution in [2.45, 2.75) is 19.4 Å². The Labute approximate surface area is 122 Å². The highest BCUT2D eigenvalue weighted by Crippen LogP contribution is 2.32. The second kappa shape index (κ2) is 5.91. The zero-order valence-electron chi connectivity index (χ0n) is 11.8. The molecule has 0 saturated heterocycles. The van der Waals surface area contributed by atoms with Crippen molar-refractivity contribution in [3.05, 3.63) is 47.9 Å². The summed E-state index contributed by atoms with van der Waals surface area (Å²) in [5.74, 6) is 1.54. The molecule has 21 heavy (non-hydrogen) atoms. The number of amides is 1. The standard InChI is InChI=1S/C16H17NO4/c1-11(17-16(18)14-4-2-7-20-14)12-5-6-13-15(10-12)21-9-3-8-19-13/h2,4-7,10-11H,3,8-9H2,1H3,(H,17,18). The van der Waals surface area contributed by atoms with Crippen molar-refractivity contribution in [1.82, 2.24) is 5.32 Å². The lowest BCUT2D eigenvalue weighted by Gasteiger charge is -2.15. The molecule has 1 aromatic carbocycles. The molecule has 5 nitrogen and oxygen atoms in total. The molecule has 0 radical (unpaired) electrons. The number of hydrogen-bond donors (Lipinski definition) is 1. The van der Waals surface area contributed by atoms with Gasteiger partial charge in [0.15, 0.2) is 17.3 Å². The van der Waals surface area contributed by atoms with Gasteiger partial charge in [0, 0.05) is 6.42 Å². The summed E-state index contributed by atoms with van der Waals surface area (Å²) in [6.07, 6.45) is 2.35. The van der Waals surface area contributed by atoms with Crippen molar-refractivity contribution >= 4 is 5.91 Å². The van der Waals surface area contributed by atoms with Crippen LogP contribution in [0.15, 0.2) is 41.0 Å². The SMILES string of the molecule is CC(NC(=O)c1ccco1)c1ccc2c(c1)OCCCO2. The number of ether oxygens (including phenoxy) is 2. The number of hydrogen-bond acceptors (Lipinski definition) is 4. The minimum atomic E-state index is -0.236. The summed E-state index contributed by atoms with van der Waals surface area (Å²) >= 11 is 0. The fourth-order valence-corrected chi connectivity index (χ4v) is 2.21. The van der Waals surface area contributed by atoms with Crippen molar-refractivity contribution in [3.63, 3.8) is 0 Å². The Bertz CT molecular complexity index is 621. The van der Waals surface area contributed by atoms with Gasteiger partial charge in [-0.3, -0.25) is 4.79 Å². The van der Waals surface area contributed by atoms with E-state index in [0.29, 0.717) is 19.0 Å². The highest BCUT2D eigenvalue weighted by molar-refractivity contribution is 5.91. The largest absolute Gasteiger partial charge is 0.490 e. The molecule has 110 valence electrons. The molecule has 2 aromatic rings. The number of furan rings is 1. The summed E-state index contributed by atoms with van der Waals surface area (Å²) in [6, 6.07) is 8.89. The molecule has 1 aliphatic heterocycles. The van der Waals surface area contributed by atoms with Gasteiger partial charge in [0.05, 0.1) is 25.5 Å². The summed E-state index contributed by atoms with van der Waals surface area (Å²) in [7, 11) is 0. The Morgan fingerprint density at radius 1 is 1.19 bits per heavy atom. The van der Waals surface area contributed by atoms with Gasteiger partial charge < -0.3 is 19.2 Å². The number of nitrogens with one attached hydrogen (secondary N) is 1. The third-order valence-corrected chi connectivity index (χ3v) is 3.36. The summed E-state index contributed by atoms with van der Waals surface area (Å²) in [5.41, 5.74) is 0.958. The van der Waals surface area contributed by atoms with Crippen LogP contribution < -0.4 is 14.8 Å². The van der Waals surface area contributed by atoms with E-state index in [1.807, 2.05) is 25.1 Å². The Kier molecular flexibility index (Phi) is 3.81. The second-order valence-electron chi connectivity index (χ2n) is 4.93. The number of rotatable bonds is 3. The molecule has 0 spiro atoms. The van der Waals surface area contributed by atoms with Gasteiger partial charge in [-0.2, -0.15) is 0 Å². The van der Waals surface area contributed by atoms with E-state index in [1.165, 1.54) is 6.26 Å². The van der Waals surface area contributed by atoms with Crippen LogP contribution in [0.1, 0.15) is 35.5 Å². The third-order valence-electron chi connectivity index (χ3n) is 3.36. The van der Waals surface area contributed by atoms with Crippen molar-refractivity contribution in [1.29, 1.82) is 0 Å². The average Bonchev–Trinajstić information content (AvgIpc) is 2.92. The summed E-state index contributed by atoms with van der Waals surface area (Å²) in [5, 5.41) is 2.89. The van der Waals surface area contributed by atoms with E-state index in [2.05, 4.69) is 5.32 Å². The van der Waals surface area contributed by atoms with E-state index in [0.717, 1.165) is 23.5 Å². The first-order valence-corrected chi connectivity index (χ1v) is 6.98. The van der Waals surface area contributed by atoms with E-state index < -0.39 is 0 Å². The molecule has 1 N–H and O–H groups in total. The van der Waals surface area contributed by atoms with Crippen molar-refractivity contribution < 1.29 is 18.7 Å². The van der Waals surface area contributed by atoms with Crippen LogP contribution in [0.25, 0.3) is 0 Å². The van der Waals surface area contributed by atoms with Gasteiger partial charge in [0.25, 0.3) is 5.91 Å². The molecule has 0 aliphatic carbocycles. The normalized spacial score (nSPS) is 15.1. The minimum Gasteiger partial charge on any atom is -0.490 e. The molecule has 5 heteroatoms. The van der Waals surface area contributed by atoms with Gasteiger partial charge in [0.1, 0.15) is 0 Å². The predicted molar refractivity (Wildman–Crippen MR) is 76.6 cm³/mol. The van der Waals surface area contributed by atoms with Crippen LogP contribution >= 0.6 is 0 Å². The zero-order valence-corrected chi connectivity index (χ0v) is 11.8. The van der Waals surface area contributed by atoms with Crippen molar-refractivity contribution in [2.75, 3.05) is 13.2 Å². The molecule has 3 rings (SSSR count). The Morgan fingerprint density at radius 2 is 2.00 bits per heavy atom. The summed E-state index contributed by atoms with van der Waals surface area (Å²) in [4.78, 5) is 12.0. The van der Waals surface area contributed by atoms with E-state index in [4.69, 9.17) is 13.9 Å². The first-order chi connectivity index (χ1) is 10.2. The van der Waals surface area contributed by atoms with Gasteiger partial charge >= 0.3 is 0 Å². The van der Waals surface area contributed by atoms with Crippen LogP contribution in [-0.2, 0) is 0 Å². The maximum absolute atomic E-state index is 12.0. The lowest BCUT2D eigenvalue weighted by molar-refractivity contribution is 0.0912. The first-order valence-electron chi connectivity index (χ1n) is 6.98. The Morgan fingerprint density at radius 3 is 2.76 bits per heavy atom. The third kappa shape index (κ3) is 3.02. The van der Waals surface area contributed by atoms with E-state index in [1.54, 1.807) is 12.1 Å². The molecule has 1 unspecified atom stereocenters. The van der Waals surface area contributed by atoms with Crippen LogP contribution in [0, 0.1) is 0 Å². The van der Waals surface area contributed by atoms with Gasteiger partial charge in [-0.15, -0.1) is 0 Å². The molecule has 1 atom stereocenters. The number of fused-ring (bicyclic) bond motifs is 1. The molecular weight excluding hydrogens is 270 g/mol. The van der Waals surface area contributed by atoms with Crippen LogP contribution in [0.2, 0.25) is 0 Å². The molecule has 0 saturated carbocycles. The summed E-state index contributed by atoms with van der Waals surface area (Å²) < 4.78 is 16.3. The first kappa shape index (κ1) is 13.5. The maximum Gasteiger partial charge on any atom is 0.287 e. The zero-order chi connectivity index (χ0) is 14.7. The minimum absolute atomic E-state index is 0.153. The van der Waals surface area contributed by atoms with Crippen LogP contribution in [-0.4, -0.2) is 19.1 Å². The molecule has 0 bridgehead atoms. The monoisotopic (exact) mass is 287 g/mol. The number of carbonyl (C=O) groups excluding carboxylic acids is 1. The van der Waals surface area contributed by atoms with Gasteiger partial charge in [0.2, 0.25) is 0 Å². The number of benzene rings is 1. The average molecular weight is 287 g/mol. The smallest absolute Gasteiger partial charge is 0.287 e. The number of carbonyl (C=O) groups is 1. The fraction of sp³-hybridized carbons (Fsp3) is 0.312. The van der Waals surface area contributed by atoms with E-state index >= 15 is 0 Å². The van der Waals surface area contributed by atoms with Crippen molar-refractivity contribution in [2.24, 2.45) is 0 Å². The molecule has 2 heterocycles. The molecule has 1 amide bonds. The molecule has 1 aliphatic rings. The fourth-order valence-electron chi connectivity index (χ4n) is 2.21. The summed E-state index contributed by atoms with van der Waals surface area (Å²) in [6.45, 7) is 3.22. The lowest BCUT2D eigenvalue weighted by atomic mass is 10.1. The highest BCUT2D eigenvalue weighted by atomic mass is 16.5. The molecular formula is C16H17NO4. The van der Waals surface area contributed by atoms with Gasteiger partial charge in [-0.1, -0.05) is 6.07 Å². The maximum atomic E-state index is 12.0. The Hall–Kier alpha value is -2.43. The van der Waals surface area contributed by atoms with E-state index in [-0.39, 0.29) is 11.9 Å². The highest BCUT2D eigenvalue weighted by Gasteiger charge is 2.16. The Balaban J connectivity index is 1.74. The van der Waals surface area contributed by atoms with Crippen LogP contribution in [0.3, 0.4) is 0 Å². The molecule has 1 aromatic heterocycles. The van der Waals surface area contributed by atoms with Crippen LogP contribution in [0.4, 0.5) is 0 Å². The van der Waals surface area contributed by atoms with E-state index in [9.17, 15) is 4.79 Å². The predicted octanol–water partition coefficient (Wildman–Crippen LogP) is 2.93. The quantitative estimate of drug-likeness (QED) is 0.943. The van der Waals surface area contributed by atoms with Crippen molar-refractivity contribution in [3.8, 4) is 11.5 Å². The second-order valence-corrected chi connectivity index (χ2v) is 4.93. The van der Waals surface area contributed by atoms with Crippen LogP contribution in [0.5, 0.6) is 11.5 Å².